The maximum absolute atomic E-state index is 13.6. The van der Waals surface area contributed by atoms with Crippen molar-refractivity contribution in [1.82, 2.24) is 19.9 Å². The summed E-state index contributed by atoms with van der Waals surface area (Å²) in [6.45, 7) is 3.15. The van der Waals surface area contributed by atoms with E-state index >= 15 is 0 Å². The van der Waals surface area contributed by atoms with Crippen LogP contribution in [-0.2, 0) is 0 Å². The number of benzene rings is 2. The van der Waals surface area contributed by atoms with E-state index in [-0.39, 0.29) is 12.4 Å². The van der Waals surface area contributed by atoms with Gasteiger partial charge >= 0.3 is 0 Å². The predicted octanol–water partition coefficient (Wildman–Crippen LogP) is 3.60. The zero-order chi connectivity index (χ0) is 25.2. The van der Waals surface area contributed by atoms with Crippen molar-refractivity contribution in [2.24, 2.45) is 0 Å². The average Bonchev–Trinajstić information content (AvgIpc) is 3.28. The van der Waals surface area contributed by atoms with Gasteiger partial charge in [-0.25, -0.2) is 14.4 Å². The summed E-state index contributed by atoms with van der Waals surface area (Å²) in [4.78, 5) is 16.3. The van der Waals surface area contributed by atoms with E-state index in [9.17, 15) is 14.6 Å². The number of aromatic nitrogens is 3. The van der Waals surface area contributed by atoms with Gasteiger partial charge in [-0.2, -0.15) is 0 Å². The van der Waals surface area contributed by atoms with Gasteiger partial charge in [0, 0.05) is 78.9 Å². The third-order valence-corrected chi connectivity index (χ3v) is 6.46. The number of fused-ring (bicyclic) bond motifs is 1. The fourth-order valence-electron chi connectivity index (χ4n) is 4.42. The lowest BCUT2D eigenvalue weighted by molar-refractivity contribution is -0.0618. The van der Waals surface area contributed by atoms with E-state index in [2.05, 4.69) is 25.2 Å². The lowest BCUT2D eigenvalue weighted by Crippen LogP contribution is -2.48. The standard InChI is InChI=1S/C25H26ClFN6O3/c1-36-18-10-16(9-17(11-18)33-6-4-32(5-7-33)14-23(34)35)30-25-29-13-21(26)24(31-25)20-12-28-22-8-15(27)2-3-19(20)22/h2-3,8-13,23,28,34-35H,4-7,14H2,1H3,(H,29,30,31). The van der Waals surface area contributed by atoms with Crippen LogP contribution in [0.4, 0.5) is 21.7 Å². The molecular formula is C25H26ClFN6O3. The van der Waals surface area contributed by atoms with Crippen LogP contribution < -0.4 is 15.0 Å². The SMILES string of the molecule is COc1cc(Nc2ncc(Cl)c(-c3c[nH]c4cc(F)ccc34)n2)cc(N2CCN(CC(O)O)CC2)c1. The molecule has 1 aliphatic rings. The Hall–Kier alpha value is -3.44. The van der Waals surface area contributed by atoms with E-state index in [4.69, 9.17) is 16.3 Å². The number of rotatable bonds is 7. The second kappa shape index (κ2) is 10.3. The Balaban J connectivity index is 1.40. The molecule has 11 heteroatoms. The van der Waals surface area contributed by atoms with Crippen LogP contribution in [-0.4, -0.2) is 76.2 Å². The zero-order valence-electron chi connectivity index (χ0n) is 19.6. The van der Waals surface area contributed by atoms with E-state index in [1.165, 1.54) is 18.3 Å². The molecule has 36 heavy (non-hydrogen) atoms. The number of halogens is 2. The fourth-order valence-corrected chi connectivity index (χ4v) is 4.61. The van der Waals surface area contributed by atoms with Crippen molar-refractivity contribution in [3.63, 3.8) is 0 Å². The maximum atomic E-state index is 13.6. The molecule has 4 N–H and O–H groups in total. The van der Waals surface area contributed by atoms with Crippen molar-refractivity contribution < 1.29 is 19.3 Å². The first-order chi connectivity index (χ1) is 17.4. The molecule has 3 heterocycles. The Bertz CT molecular complexity index is 1370. The molecule has 1 fully saturated rings. The highest BCUT2D eigenvalue weighted by molar-refractivity contribution is 6.33. The molecule has 0 atom stereocenters. The summed E-state index contributed by atoms with van der Waals surface area (Å²) in [6, 6.07) is 10.3. The number of aromatic amines is 1. The largest absolute Gasteiger partial charge is 0.497 e. The number of ether oxygens (including phenoxy) is 1. The molecule has 0 radical (unpaired) electrons. The molecule has 0 bridgehead atoms. The van der Waals surface area contributed by atoms with Crippen LogP contribution in [0.1, 0.15) is 0 Å². The fraction of sp³-hybridized carbons (Fsp3) is 0.280. The first kappa shape index (κ1) is 24.3. The Morgan fingerprint density at radius 2 is 1.97 bits per heavy atom. The number of aliphatic hydroxyl groups excluding tert-OH is 1. The number of aliphatic hydroxyl groups is 2. The van der Waals surface area contributed by atoms with Crippen molar-refractivity contribution in [2.45, 2.75) is 6.29 Å². The molecule has 188 valence electrons. The number of hydrogen-bond donors (Lipinski definition) is 4. The second-order valence-electron chi connectivity index (χ2n) is 8.60. The van der Waals surface area contributed by atoms with E-state index in [0.717, 1.165) is 48.5 Å². The Morgan fingerprint density at radius 3 is 2.72 bits per heavy atom. The van der Waals surface area contributed by atoms with E-state index in [0.29, 0.717) is 27.9 Å². The normalized spacial score (nSPS) is 14.6. The van der Waals surface area contributed by atoms with Crippen LogP contribution in [0.15, 0.2) is 48.8 Å². The molecule has 0 spiro atoms. The predicted molar refractivity (Wildman–Crippen MR) is 137 cm³/mol. The molecule has 0 saturated carbocycles. The van der Waals surface area contributed by atoms with Crippen molar-refractivity contribution in [3.05, 3.63) is 59.6 Å². The van der Waals surface area contributed by atoms with E-state index in [1.54, 1.807) is 19.4 Å². The van der Waals surface area contributed by atoms with Gasteiger partial charge in [0.1, 0.15) is 11.6 Å². The summed E-state index contributed by atoms with van der Waals surface area (Å²) in [6.07, 6.45) is 1.95. The molecule has 0 amide bonds. The lowest BCUT2D eigenvalue weighted by atomic mass is 10.1. The van der Waals surface area contributed by atoms with E-state index in [1.807, 2.05) is 23.1 Å². The van der Waals surface area contributed by atoms with Gasteiger partial charge in [0.05, 0.1) is 24.0 Å². The topological polar surface area (TPSA) is 110 Å². The van der Waals surface area contributed by atoms with Gasteiger partial charge in [-0.3, -0.25) is 4.90 Å². The van der Waals surface area contributed by atoms with Crippen LogP contribution in [0, 0.1) is 5.82 Å². The lowest BCUT2D eigenvalue weighted by Gasteiger charge is -2.36. The highest BCUT2D eigenvalue weighted by atomic mass is 35.5. The molecule has 4 aromatic rings. The quantitative estimate of drug-likeness (QED) is 0.278. The average molecular weight is 513 g/mol. The van der Waals surface area contributed by atoms with Gasteiger partial charge in [0.2, 0.25) is 5.95 Å². The molecule has 5 rings (SSSR count). The number of nitrogens with zero attached hydrogens (tertiary/aromatic N) is 4. The number of methoxy groups -OCH3 is 1. The summed E-state index contributed by atoms with van der Waals surface area (Å²) in [5.41, 5.74) is 3.64. The molecule has 1 aliphatic heterocycles. The van der Waals surface area contributed by atoms with Crippen LogP contribution >= 0.6 is 11.6 Å². The maximum Gasteiger partial charge on any atom is 0.227 e. The summed E-state index contributed by atoms with van der Waals surface area (Å²) < 4.78 is 19.1. The van der Waals surface area contributed by atoms with Crippen molar-refractivity contribution >= 4 is 39.8 Å². The highest BCUT2D eigenvalue weighted by Crippen LogP contribution is 2.34. The minimum Gasteiger partial charge on any atom is -0.497 e. The Kier molecular flexibility index (Phi) is 6.92. The number of H-pyrrole nitrogens is 1. The number of anilines is 3. The van der Waals surface area contributed by atoms with E-state index < -0.39 is 6.29 Å². The van der Waals surface area contributed by atoms with Crippen LogP contribution in [0.3, 0.4) is 0 Å². The summed E-state index contributed by atoms with van der Waals surface area (Å²) in [5, 5.41) is 22.9. The number of piperazine rings is 1. The van der Waals surface area contributed by atoms with Gasteiger partial charge in [-0.15, -0.1) is 0 Å². The van der Waals surface area contributed by atoms with Crippen molar-refractivity contribution in [3.8, 4) is 17.0 Å². The Labute approximate surface area is 212 Å². The number of β-amino-alcohol motifs (C(OH)–C–C–N with tert-alkyl or cyclic N) is 2. The van der Waals surface area contributed by atoms with Gasteiger partial charge in [-0.05, 0) is 24.3 Å². The van der Waals surface area contributed by atoms with Crippen LogP contribution in [0.25, 0.3) is 22.2 Å². The zero-order valence-corrected chi connectivity index (χ0v) is 20.3. The summed E-state index contributed by atoms with van der Waals surface area (Å²) in [5.74, 6) is 0.705. The second-order valence-corrected chi connectivity index (χ2v) is 9.00. The van der Waals surface area contributed by atoms with Gasteiger partial charge in [0.25, 0.3) is 0 Å². The summed E-state index contributed by atoms with van der Waals surface area (Å²) in [7, 11) is 1.61. The molecule has 9 nitrogen and oxygen atoms in total. The third-order valence-electron chi connectivity index (χ3n) is 6.19. The first-order valence-corrected chi connectivity index (χ1v) is 11.9. The monoisotopic (exact) mass is 512 g/mol. The summed E-state index contributed by atoms with van der Waals surface area (Å²) >= 11 is 6.44. The minimum atomic E-state index is -1.33. The Morgan fingerprint density at radius 1 is 1.17 bits per heavy atom. The highest BCUT2D eigenvalue weighted by Gasteiger charge is 2.20. The van der Waals surface area contributed by atoms with Gasteiger partial charge in [0.15, 0.2) is 6.29 Å². The molecule has 2 aromatic carbocycles. The number of hydrogen-bond acceptors (Lipinski definition) is 8. The molecular weight excluding hydrogens is 487 g/mol. The van der Waals surface area contributed by atoms with Gasteiger partial charge in [-0.1, -0.05) is 11.6 Å². The van der Waals surface area contributed by atoms with Crippen LogP contribution in [0.2, 0.25) is 5.02 Å². The number of nitrogens with one attached hydrogen (secondary N) is 2. The third kappa shape index (κ3) is 5.21. The van der Waals surface area contributed by atoms with Gasteiger partial charge < -0.3 is 30.2 Å². The van der Waals surface area contributed by atoms with Crippen molar-refractivity contribution in [2.75, 3.05) is 50.1 Å². The minimum absolute atomic E-state index is 0.236. The smallest absolute Gasteiger partial charge is 0.227 e. The molecule has 1 saturated heterocycles. The van der Waals surface area contributed by atoms with Crippen molar-refractivity contribution in [1.29, 1.82) is 0 Å². The molecule has 0 unspecified atom stereocenters. The van der Waals surface area contributed by atoms with Crippen LogP contribution in [0.5, 0.6) is 5.75 Å². The molecule has 0 aliphatic carbocycles. The first-order valence-electron chi connectivity index (χ1n) is 11.5. The molecule has 2 aromatic heterocycles.